The zero-order chi connectivity index (χ0) is 20.0. The number of rotatable bonds is 4. The third-order valence-electron chi connectivity index (χ3n) is 4.86. The number of anilines is 1. The highest BCUT2D eigenvalue weighted by Crippen LogP contribution is 2.37. The lowest BCUT2D eigenvalue weighted by atomic mass is 10.0. The van der Waals surface area contributed by atoms with Crippen LogP contribution in [0.25, 0.3) is 17.0 Å². The molecule has 146 valence electrons. The van der Waals surface area contributed by atoms with E-state index in [4.69, 9.17) is 4.74 Å². The Bertz CT molecular complexity index is 1230. The second kappa shape index (κ2) is 6.74. The fourth-order valence-electron chi connectivity index (χ4n) is 3.51. The van der Waals surface area contributed by atoms with E-state index in [1.54, 1.807) is 22.9 Å². The molecule has 3 aromatic heterocycles. The number of carbonyl (C=O) groups excluding carboxylic acids is 1. The summed E-state index contributed by atoms with van der Waals surface area (Å²) in [6.07, 6.45) is 2.48. The van der Waals surface area contributed by atoms with Crippen molar-refractivity contribution in [2.45, 2.75) is 26.1 Å². The minimum Gasteiger partial charge on any atom is -0.368 e. The van der Waals surface area contributed by atoms with Crippen LogP contribution in [-0.2, 0) is 16.1 Å². The molecule has 4 aromatic rings. The van der Waals surface area contributed by atoms with E-state index in [0.29, 0.717) is 34.1 Å². The summed E-state index contributed by atoms with van der Waals surface area (Å²) < 4.78 is 21.4. The van der Waals surface area contributed by atoms with Gasteiger partial charge in [-0.25, -0.2) is 19.3 Å². The van der Waals surface area contributed by atoms with Gasteiger partial charge in [0.25, 0.3) is 0 Å². The highest BCUT2D eigenvalue weighted by atomic mass is 19.1. The minimum atomic E-state index is -0.550. The van der Waals surface area contributed by atoms with Gasteiger partial charge in [-0.1, -0.05) is 18.2 Å². The van der Waals surface area contributed by atoms with E-state index in [0.717, 1.165) is 5.56 Å². The molecule has 2 N–H and O–H groups in total. The summed E-state index contributed by atoms with van der Waals surface area (Å²) in [5, 5.41) is 7.42. The predicted molar refractivity (Wildman–Crippen MR) is 101 cm³/mol. The molecule has 0 saturated carbocycles. The number of benzene rings is 1. The molecule has 0 fully saturated rings. The van der Waals surface area contributed by atoms with Crippen LogP contribution < -0.4 is 5.32 Å². The van der Waals surface area contributed by atoms with Crippen LogP contribution in [0.3, 0.4) is 0 Å². The molecule has 0 bridgehead atoms. The second-order valence-electron chi connectivity index (χ2n) is 6.70. The number of aryl methyl sites for hydroxylation is 1. The summed E-state index contributed by atoms with van der Waals surface area (Å²) in [7, 11) is 0. The second-order valence-corrected chi connectivity index (χ2v) is 6.70. The van der Waals surface area contributed by atoms with Gasteiger partial charge in [-0.15, -0.1) is 0 Å². The normalized spacial score (nSPS) is 16.1. The molecule has 1 aliphatic rings. The van der Waals surface area contributed by atoms with E-state index in [9.17, 15) is 9.18 Å². The van der Waals surface area contributed by atoms with Gasteiger partial charge in [-0.3, -0.25) is 4.79 Å². The van der Waals surface area contributed by atoms with Crippen LogP contribution in [0.1, 0.15) is 29.3 Å². The first-order valence-corrected chi connectivity index (χ1v) is 9.00. The van der Waals surface area contributed by atoms with Gasteiger partial charge in [-0.05, 0) is 13.0 Å². The molecule has 1 unspecified atom stereocenters. The largest absolute Gasteiger partial charge is 0.368 e. The van der Waals surface area contributed by atoms with Crippen LogP contribution in [0.2, 0.25) is 0 Å². The molecular weight excluding hydrogens is 377 g/mol. The first-order chi connectivity index (χ1) is 14.1. The van der Waals surface area contributed by atoms with E-state index in [1.165, 1.54) is 18.7 Å². The number of aromatic nitrogens is 6. The Morgan fingerprint density at radius 1 is 1.28 bits per heavy atom. The molecule has 5 rings (SSSR count). The maximum Gasteiger partial charge on any atom is 0.228 e. The van der Waals surface area contributed by atoms with Gasteiger partial charge in [0, 0.05) is 11.1 Å². The number of carbonyl (C=O) groups is 1. The third kappa shape index (κ3) is 2.93. The summed E-state index contributed by atoms with van der Waals surface area (Å²) in [5.74, 6) is 0.383. The molecule has 1 atom stereocenters. The van der Waals surface area contributed by atoms with Crippen molar-refractivity contribution in [3.05, 3.63) is 59.6 Å². The molecule has 0 saturated heterocycles. The maximum absolute atomic E-state index is 13.9. The fourth-order valence-corrected chi connectivity index (χ4v) is 3.51. The van der Waals surface area contributed by atoms with Crippen LogP contribution >= 0.6 is 0 Å². The number of nitrogens with one attached hydrogen (secondary N) is 2. The average Bonchev–Trinajstić information content (AvgIpc) is 3.31. The Morgan fingerprint density at radius 2 is 2.14 bits per heavy atom. The van der Waals surface area contributed by atoms with Crippen molar-refractivity contribution in [1.82, 2.24) is 29.7 Å². The number of fused-ring (bicyclic) bond motifs is 2. The van der Waals surface area contributed by atoms with E-state index in [-0.39, 0.29) is 24.8 Å². The van der Waals surface area contributed by atoms with Gasteiger partial charge in [0.1, 0.15) is 23.5 Å². The number of ether oxygens (including phenoxy) is 1. The van der Waals surface area contributed by atoms with Crippen molar-refractivity contribution in [2.24, 2.45) is 0 Å². The number of hydrogen-bond acceptors (Lipinski definition) is 6. The molecule has 1 amide bonds. The minimum absolute atomic E-state index is 0.0486. The topological polar surface area (TPSA) is 111 Å². The summed E-state index contributed by atoms with van der Waals surface area (Å²) in [6, 6.07) is 6.41. The van der Waals surface area contributed by atoms with Crippen molar-refractivity contribution in [2.75, 3.05) is 5.32 Å². The standard InChI is InChI=1S/C19H16FN7O2/c1-10-15-13(29-7-11-4-2-3-5-12(11)20)6-14(28)25-18(15)27(26-10)19-16-17(22-8-21-16)23-9-24-19/h2-5,8-9,13H,6-7H2,1H3,(H,25,28)(H,21,22,23,24). The Morgan fingerprint density at radius 3 is 3.00 bits per heavy atom. The Kier molecular flexibility index (Phi) is 4.06. The van der Waals surface area contributed by atoms with Crippen LogP contribution in [0, 0.1) is 12.7 Å². The highest BCUT2D eigenvalue weighted by Gasteiger charge is 2.33. The zero-order valence-electron chi connectivity index (χ0n) is 15.4. The lowest BCUT2D eigenvalue weighted by molar-refractivity contribution is -0.120. The molecular formula is C19H16FN7O2. The molecule has 10 heteroatoms. The van der Waals surface area contributed by atoms with Crippen molar-refractivity contribution >= 4 is 22.9 Å². The van der Waals surface area contributed by atoms with Crippen LogP contribution in [0.5, 0.6) is 0 Å². The molecule has 0 spiro atoms. The van der Waals surface area contributed by atoms with E-state index >= 15 is 0 Å². The van der Waals surface area contributed by atoms with Crippen LogP contribution in [0.4, 0.5) is 10.2 Å². The fraction of sp³-hybridized carbons (Fsp3) is 0.211. The van der Waals surface area contributed by atoms with Gasteiger partial charge in [0.2, 0.25) is 5.91 Å². The molecule has 9 nitrogen and oxygen atoms in total. The maximum atomic E-state index is 13.9. The molecule has 1 aromatic carbocycles. The molecule has 1 aliphatic heterocycles. The van der Waals surface area contributed by atoms with Crippen LogP contribution in [0.15, 0.2) is 36.9 Å². The lowest BCUT2D eigenvalue weighted by Gasteiger charge is -2.24. The smallest absolute Gasteiger partial charge is 0.228 e. The third-order valence-corrected chi connectivity index (χ3v) is 4.86. The van der Waals surface area contributed by atoms with E-state index < -0.39 is 6.10 Å². The van der Waals surface area contributed by atoms with Crippen molar-refractivity contribution in [3.63, 3.8) is 0 Å². The SMILES string of the molecule is Cc1nn(-c2ncnc3nc[nH]c23)c2c1C(OCc1ccccc1F)CC(=O)N2. The number of aromatic amines is 1. The van der Waals surface area contributed by atoms with Crippen molar-refractivity contribution < 1.29 is 13.9 Å². The van der Waals surface area contributed by atoms with Gasteiger partial charge in [0.15, 0.2) is 11.5 Å². The summed E-state index contributed by atoms with van der Waals surface area (Å²) >= 11 is 0. The monoisotopic (exact) mass is 393 g/mol. The summed E-state index contributed by atoms with van der Waals surface area (Å²) in [6.45, 7) is 1.88. The number of amides is 1. The highest BCUT2D eigenvalue weighted by molar-refractivity contribution is 5.94. The Labute approximate surface area is 164 Å². The predicted octanol–water partition coefficient (Wildman–Crippen LogP) is 2.59. The molecule has 4 heterocycles. The van der Waals surface area contributed by atoms with Crippen LogP contribution in [-0.4, -0.2) is 35.6 Å². The summed E-state index contributed by atoms with van der Waals surface area (Å²) in [5.41, 5.74) is 2.95. The van der Waals surface area contributed by atoms with E-state index in [2.05, 4.69) is 30.4 Å². The molecule has 0 aliphatic carbocycles. The first kappa shape index (κ1) is 17.4. The van der Waals surface area contributed by atoms with Gasteiger partial charge < -0.3 is 15.0 Å². The van der Waals surface area contributed by atoms with Gasteiger partial charge in [-0.2, -0.15) is 9.78 Å². The average molecular weight is 393 g/mol. The molecule has 29 heavy (non-hydrogen) atoms. The van der Waals surface area contributed by atoms with E-state index in [1.807, 2.05) is 6.92 Å². The Balaban J connectivity index is 1.54. The number of halogens is 1. The number of hydrogen-bond donors (Lipinski definition) is 2. The Hall–Kier alpha value is -3.66. The van der Waals surface area contributed by atoms with Gasteiger partial charge >= 0.3 is 0 Å². The quantitative estimate of drug-likeness (QED) is 0.551. The van der Waals surface area contributed by atoms with Crippen molar-refractivity contribution in [3.8, 4) is 5.82 Å². The number of imidazole rings is 1. The molecule has 0 radical (unpaired) electrons. The summed E-state index contributed by atoms with van der Waals surface area (Å²) in [4.78, 5) is 27.9. The van der Waals surface area contributed by atoms with Crippen molar-refractivity contribution in [1.29, 1.82) is 0 Å². The lowest BCUT2D eigenvalue weighted by Crippen LogP contribution is -2.26. The zero-order valence-corrected chi connectivity index (χ0v) is 15.4. The van der Waals surface area contributed by atoms with Gasteiger partial charge in [0.05, 0.1) is 31.2 Å². The number of nitrogens with zero attached hydrogens (tertiary/aromatic N) is 5. The number of H-pyrrole nitrogens is 1. The first-order valence-electron chi connectivity index (χ1n) is 9.00.